The minimum absolute atomic E-state index is 0.239. The third-order valence-electron chi connectivity index (χ3n) is 8.12. The molecule has 1 aliphatic rings. The maximum Gasteiger partial charge on any atom is 0.136 e. The second kappa shape index (κ2) is 14.6. The zero-order valence-electron chi connectivity index (χ0n) is 22.6. The summed E-state index contributed by atoms with van der Waals surface area (Å²) in [6.45, 7) is 7.50. The predicted molar refractivity (Wildman–Crippen MR) is 147 cm³/mol. The van der Waals surface area contributed by atoms with Crippen molar-refractivity contribution in [2.75, 3.05) is 6.61 Å². The van der Waals surface area contributed by atoms with Crippen LogP contribution in [0.15, 0.2) is 36.5 Å². The maximum atomic E-state index is 15.0. The Morgan fingerprint density at radius 3 is 2.20 bits per heavy atom. The SMILES string of the molecule is CCCCCCCCOc1ccc(-c2ccc(C3(C(CCC)CCC)CCCCC3)cn2)c(F)c1. The van der Waals surface area contributed by atoms with Gasteiger partial charge in [0.1, 0.15) is 11.6 Å². The number of unbranched alkanes of at least 4 members (excludes halogenated alkanes) is 5. The Hall–Kier alpha value is -1.90. The van der Waals surface area contributed by atoms with Crippen LogP contribution in [0.3, 0.4) is 0 Å². The summed E-state index contributed by atoms with van der Waals surface area (Å²) in [5.41, 5.74) is 2.87. The zero-order valence-corrected chi connectivity index (χ0v) is 22.6. The highest BCUT2D eigenvalue weighted by Crippen LogP contribution is 2.48. The molecule has 0 amide bonds. The van der Waals surface area contributed by atoms with Gasteiger partial charge in [-0.15, -0.1) is 0 Å². The van der Waals surface area contributed by atoms with Crippen LogP contribution >= 0.6 is 0 Å². The molecule has 0 spiro atoms. The number of hydrogen-bond acceptors (Lipinski definition) is 2. The van der Waals surface area contributed by atoms with E-state index in [0.717, 1.165) is 6.42 Å². The fraction of sp³-hybridized carbons (Fsp3) is 0.656. The van der Waals surface area contributed by atoms with Crippen molar-refractivity contribution in [2.45, 2.75) is 122 Å². The molecular weight excluding hydrogens is 433 g/mol. The van der Waals surface area contributed by atoms with E-state index < -0.39 is 0 Å². The van der Waals surface area contributed by atoms with Gasteiger partial charge in [-0.05, 0) is 67.2 Å². The normalized spacial score (nSPS) is 15.5. The first-order valence-corrected chi connectivity index (χ1v) is 14.5. The summed E-state index contributed by atoms with van der Waals surface area (Å²) < 4.78 is 20.8. The van der Waals surface area contributed by atoms with Crippen molar-refractivity contribution in [1.29, 1.82) is 0 Å². The summed E-state index contributed by atoms with van der Waals surface area (Å²) in [5, 5.41) is 0. The quantitative estimate of drug-likeness (QED) is 0.236. The number of ether oxygens (including phenoxy) is 1. The van der Waals surface area contributed by atoms with E-state index in [0.29, 0.717) is 29.5 Å². The zero-order chi connectivity index (χ0) is 24.9. The summed E-state index contributed by atoms with van der Waals surface area (Å²) >= 11 is 0. The number of benzene rings is 1. The van der Waals surface area contributed by atoms with Gasteiger partial charge in [-0.1, -0.05) is 91.0 Å². The van der Waals surface area contributed by atoms with Gasteiger partial charge in [0.25, 0.3) is 0 Å². The van der Waals surface area contributed by atoms with Crippen LogP contribution in [0, 0.1) is 11.7 Å². The van der Waals surface area contributed by atoms with Crippen molar-refractivity contribution in [3.05, 3.63) is 47.9 Å². The monoisotopic (exact) mass is 481 g/mol. The van der Waals surface area contributed by atoms with Gasteiger partial charge in [0.2, 0.25) is 0 Å². The summed E-state index contributed by atoms with van der Waals surface area (Å²) in [6.07, 6.45) is 20.9. The summed E-state index contributed by atoms with van der Waals surface area (Å²) in [6, 6.07) is 9.50. The van der Waals surface area contributed by atoms with Crippen molar-refractivity contribution in [3.63, 3.8) is 0 Å². The van der Waals surface area contributed by atoms with Crippen LogP contribution in [0.25, 0.3) is 11.3 Å². The van der Waals surface area contributed by atoms with E-state index in [-0.39, 0.29) is 11.2 Å². The van der Waals surface area contributed by atoms with Crippen LogP contribution in [0.4, 0.5) is 4.39 Å². The highest BCUT2D eigenvalue weighted by Gasteiger charge is 2.40. The van der Waals surface area contributed by atoms with Crippen molar-refractivity contribution >= 4 is 0 Å². The molecule has 1 heterocycles. The molecule has 1 fully saturated rings. The topological polar surface area (TPSA) is 22.1 Å². The lowest BCUT2D eigenvalue weighted by Gasteiger charge is -2.44. The van der Waals surface area contributed by atoms with Gasteiger partial charge < -0.3 is 4.74 Å². The van der Waals surface area contributed by atoms with Gasteiger partial charge in [-0.2, -0.15) is 0 Å². The molecule has 0 atom stereocenters. The Morgan fingerprint density at radius 2 is 1.57 bits per heavy atom. The number of rotatable bonds is 15. The Kier molecular flexibility index (Phi) is 11.6. The molecule has 1 aromatic carbocycles. The second-order valence-electron chi connectivity index (χ2n) is 10.7. The number of hydrogen-bond donors (Lipinski definition) is 0. The van der Waals surface area contributed by atoms with Gasteiger partial charge >= 0.3 is 0 Å². The van der Waals surface area contributed by atoms with E-state index in [9.17, 15) is 4.39 Å². The van der Waals surface area contributed by atoms with Crippen LogP contribution in [-0.2, 0) is 5.41 Å². The Balaban J connectivity index is 1.68. The van der Waals surface area contributed by atoms with Crippen LogP contribution in [0.5, 0.6) is 5.75 Å². The molecule has 3 rings (SSSR count). The van der Waals surface area contributed by atoms with E-state index >= 15 is 0 Å². The van der Waals surface area contributed by atoms with Crippen LogP contribution in [0.2, 0.25) is 0 Å². The molecule has 0 saturated heterocycles. The average Bonchev–Trinajstić information content (AvgIpc) is 2.89. The molecule has 0 aliphatic heterocycles. The van der Waals surface area contributed by atoms with Crippen LogP contribution in [0.1, 0.15) is 123 Å². The molecule has 194 valence electrons. The summed E-state index contributed by atoms with van der Waals surface area (Å²) in [4.78, 5) is 4.79. The molecule has 3 heteroatoms. The highest BCUT2D eigenvalue weighted by atomic mass is 19.1. The Bertz CT molecular complexity index is 850. The third-order valence-corrected chi connectivity index (χ3v) is 8.12. The van der Waals surface area contributed by atoms with Crippen LogP contribution in [-0.4, -0.2) is 11.6 Å². The fourth-order valence-electron chi connectivity index (χ4n) is 6.22. The first-order valence-electron chi connectivity index (χ1n) is 14.5. The lowest BCUT2D eigenvalue weighted by atomic mass is 9.60. The van der Waals surface area contributed by atoms with Crippen molar-refractivity contribution in [1.82, 2.24) is 4.98 Å². The largest absolute Gasteiger partial charge is 0.493 e. The highest BCUT2D eigenvalue weighted by molar-refractivity contribution is 5.61. The third kappa shape index (κ3) is 7.54. The van der Waals surface area contributed by atoms with E-state index in [4.69, 9.17) is 9.72 Å². The van der Waals surface area contributed by atoms with Crippen molar-refractivity contribution in [3.8, 4) is 17.0 Å². The van der Waals surface area contributed by atoms with Crippen LogP contribution < -0.4 is 4.74 Å². The second-order valence-corrected chi connectivity index (χ2v) is 10.7. The fourth-order valence-corrected chi connectivity index (χ4v) is 6.22. The molecule has 0 bridgehead atoms. The molecule has 0 N–H and O–H groups in total. The number of nitrogens with zero attached hydrogens (tertiary/aromatic N) is 1. The molecular formula is C32H48FNO. The van der Waals surface area contributed by atoms with E-state index in [1.165, 1.54) is 102 Å². The van der Waals surface area contributed by atoms with Gasteiger partial charge in [0.05, 0.1) is 12.3 Å². The van der Waals surface area contributed by atoms with Gasteiger partial charge in [0, 0.05) is 17.8 Å². The minimum atomic E-state index is -0.257. The Morgan fingerprint density at radius 1 is 0.857 bits per heavy atom. The molecule has 35 heavy (non-hydrogen) atoms. The summed E-state index contributed by atoms with van der Waals surface area (Å²) in [5.74, 6) is 1.07. The molecule has 1 saturated carbocycles. The first-order chi connectivity index (χ1) is 17.1. The molecule has 1 aromatic heterocycles. The lowest BCUT2D eigenvalue weighted by Crippen LogP contribution is -2.37. The molecule has 0 unspecified atom stereocenters. The average molecular weight is 482 g/mol. The number of halogens is 1. The lowest BCUT2D eigenvalue weighted by molar-refractivity contribution is 0.167. The van der Waals surface area contributed by atoms with Gasteiger partial charge in [-0.25, -0.2) is 4.39 Å². The van der Waals surface area contributed by atoms with Gasteiger partial charge in [-0.3, -0.25) is 4.98 Å². The number of aromatic nitrogens is 1. The first kappa shape index (κ1) is 27.7. The summed E-state index contributed by atoms with van der Waals surface area (Å²) in [7, 11) is 0. The standard InChI is InChI=1S/C32H48FNO/c1-4-7-8-9-10-14-23-35-28-18-19-29(30(33)24-28)31-20-17-27(25-34-31)32(21-12-11-13-22-32)26(15-5-2)16-6-3/h17-20,24-26H,4-16,21-23H2,1-3H3. The molecule has 2 nitrogen and oxygen atoms in total. The molecule has 1 aliphatic carbocycles. The van der Waals surface area contributed by atoms with Crippen molar-refractivity contribution < 1.29 is 9.13 Å². The minimum Gasteiger partial charge on any atom is -0.493 e. The predicted octanol–water partition coefficient (Wildman–Crippen LogP) is 10.0. The molecule has 2 aromatic rings. The van der Waals surface area contributed by atoms with E-state index in [2.05, 4.69) is 33.0 Å². The Labute approximate surface area is 214 Å². The van der Waals surface area contributed by atoms with E-state index in [1.54, 1.807) is 0 Å². The van der Waals surface area contributed by atoms with E-state index in [1.807, 2.05) is 18.2 Å². The van der Waals surface area contributed by atoms with Gasteiger partial charge in [0.15, 0.2) is 0 Å². The maximum absolute atomic E-state index is 15.0. The number of pyridine rings is 1. The molecule has 0 radical (unpaired) electrons. The van der Waals surface area contributed by atoms with Crippen molar-refractivity contribution in [2.24, 2.45) is 5.92 Å². The smallest absolute Gasteiger partial charge is 0.136 e.